The minimum atomic E-state index is -1.15. The van der Waals surface area contributed by atoms with Gasteiger partial charge in [0.15, 0.2) is 0 Å². The van der Waals surface area contributed by atoms with Crippen molar-refractivity contribution in [3.05, 3.63) is 120 Å². The third kappa shape index (κ3) is 11.7. The molecule has 0 unspecified atom stereocenters. The number of amides is 4. The highest BCUT2D eigenvalue weighted by Crippen LogP contribution is 2.28. The van der Waals surface area contributed by atoms with Crippen LogP contribution in [0.1, 0.15) is 85.4 Å². The van der Waals surface area contributed by atoms with Gasteiger partial charge in [0.2, 0.25) is 5.91 Å². The van der Waals surface area contributed by atoms with E-state index in [0.29, 0.717) is 69.9 Å². The van der Waals surface area contributed by atoms with Gasteiger partial charge >= 0.3 is 18.1 Å². The maximum atomic E-state index is 14.1. The molecule has 1 aliphatic rings. The number of aromatic amines is 2. The molecule has 1 aliphatic heterocycles. The van der Waals surface area contributed by atoms with Gasteiger partial charge in [-0.25, -0.2) is 19.4 Å². The number of carbonyl (C=O) groups is 4. The molecule has 0 spiro atoms. The highest BCUT2D eigenvalue weighted by molar-refractivity contribution is 5.91. The topological polar surface area (TPSA) is 174 Å². The first kappa shape index (κ1) is 43.3. The molecule has 1 saturated heterocycles. The summed E-state index contributed by atoms with van der Waals surface area (Å²) in [5, 5.41) is 9.98. The van der Waals surface area contributed by atoms with E-state index in [1.807, 2.05) is 83.9 Å². The summed E-state index contributed by atoms with van der Waals surface area (Å²) in [5.41, 5.74) is 2.62. The number of hydrogen-bond acceptors (Lipinski definition) is 8. The van der Waals surface area contributed by atoms with Crippen molar-refractivity contribution in [2.24, 2.45) is 0 Å². The standard InChI is InChI=1S/C46H58N8O6.2H2/c1-45(2,3)60-41(55)37(22-14-15-23-47-44(58)59-31-32-16-8-6-9-17-32)50-42(56)46(4,5)39-30-49-40(52-39)38(28-33-29-48-36-21-13-12-20-35(33)36)51-43(57)54-26-24-53(25-27-54)34-18-10-7-11-19-34;;/h6-13,16-21,29-30,37-38,48H,14-15,22-28,31H2,1-5H3,(H,47,58)(H,49,52)(H,50,56)(H,51,57);2*1H/t37-,38-;;/m1../s1. The monoisotopic (exact) mass is 822 g/mol. The Bertz CT molecular complexity index is 2200. The summed E-state index contributed by atoms with van der Waals surface area (Å²) in [6.07, 6.45) is 4.86. The Morgan fingerprint density at radius 2 is 1.53 bits per heavy atom. The number of unbranched alkanes of at least 4 members (excludes halogenated alkanes) is 1. The van der Waals surface area contributed by atoms with Crippen LogP contribution in [0.4, 0.5) is 15.3 Å². The van der Waals surface area contributed by atoms with Gasteiger partial charge in [-0.3, -0.25) is 4.79 Å². The van der Waals surface area contributed by atoms with Crippen molar-refractivity contribution in [1.29, 1.82) is 0 Å². The fraction of sp³-hybridized carbons (Fsp3) is 0.413. The smallest absolute Gasteiger partial charge is 0.407 e. The zero-order chi connectivity index (χ0) is 42.7. The molecule has 4 amide bonds. The first-order valence-electron chi connectivity index (χ1n) is 20.7. The van der Waals surface area contributed by atoms with Crippen molar-refractivity contribution in [1.82, 2.24) is 35.8 Å². The van der Waals surface area contributed by atoms with Gasteiger partial charge < -0.3 is 45.2 Å². The van der Waals surface area contributed by atoms with Crippen LogP contribution >= 0.6 is 0 Å². The third-order valence-electron chi connectivity index (χ3n) is 10.6. The zero-order valence-electron chi connectivity index (χ0n) is 35.3. The predicted octanol–water partition coefficient (Wildman–Crippen LogP) is 7.40. The first-order valence-corrected chi connectivity index (χ1v) is 20.7. The molecule has 0 bridgehead atoms. The van der Waals surface area contributed by atoms with Gasteiger partial charge in [-0.2, -0.15) is 0 Å². The molecule has 6 rings (SSSR count). The predicted molar refractivity (Wildman–Crippen MR) is 236 cm³/mol. The van der Waals surface area contributed by atoms with Crippen LogP contribution in [-0.4, -0.2) is 88.2 Å². The van der Waals surface area contributed by atoms with Crippen LogP contribution in [0.25, 0.3) is 10.9 Å². The number of carbonyl (C=O) groups excluding carboxylic acids is 4. The molecule has 322 valence electrons. The van der Waals surface area contributed by atoms with Gasteiger partial charge in [-0.15, -0.1) is 0 Å². The largest absolute Gasteiger partial charge is 0.458 e. The number of esters is 1. The molecule has 5 N–H and O–H groups in total. The first-order chi connectivity index (χ1) is 28.8. The fourth-order valence-electron chi connectivity index (χ4n) is 7.14. The van der Waals surface area contributed by atoms with Crippen LogP contribution in [0, 0.1) is 0 Å². The van der Waals surface area contributed by atoms with E-state index >= 15 is 0 Å². The molecule has 1 fully saturated rings. The number of benzene rings is 3. The molecule has 0 saturated carbocycles. The van der Waals surface area contributed by atoms with Crippen molar-refractivity contribution in [2.45, 2.75) is 90.0 Å². The van der Waals surface area contributed by atoms with E-state index in [1.54, 1.807) is 40.8 Å². The number of ether oxygens (including phenoxy) is 2. The zero-order valence-corrected chi connectivity index (χ0v) is 35.3. The van der Waals surface area contributed by atoms with Gasteiger partial charge in [-0.1, -0.05) is 66.7 Å². The maximum Gasteiger partial charge on any atom is 0.407 e. The minimum Gasteiger partial charge on any atom is -0.458 e. The summed E-state index contributed by atoms with van der Waals surface area (Å²) in [6.45, 7) is 11.9. The maximum absolute atomic E-state index is 14.1. The molecule has 60 heavy (non-hydrogen) atoms. The van der Waals surface area contributed by atoms with Crippen LogP contribution < -0.4 is 20.9 Å². The van der Waals surface area contributed by atoms with E-state index in [1.165, 1.54) is 0 Å². The fourth-order valence-corrected chi connectivity index (χ4v) is 7.14. The molecule has 14 nitrogen and oxygen atoms in total. The number of nitrogens with one attached hydrogen (secondary N) is 5. The average Bonchev–Trinajstić information content (AvgIpc) is 3.91. The minimum absolute atomic E-state index is 0. The summed E-state index contributed by atoms with van der Waals surface area (Å²) in [5.74, 6) is -0.436. The van der Waals surface area contributed by atoms with E-state index in [0.717, 1.165) is 27.7 Å². The van der Waals surface area contributed by atoms with Crippen molar-refractivity contribution in [3.63, 3.8) is 0 Å². The number of hydrogen-bond donors (Lipinski definition) is 5. The Balaban J connectivity index is 0.00000422. The lowest BCUT2D eigenvalue weighted by molar-refractivity contribution is -0.159. The van der Waals surface area contributed by atoms with E-state index < -0.39 is 41.1 Å². The molecule has 0 aliphatic carbocycles. The van der Waals surface area contributed by atoms with Gasteiger partial charge in [-0.05, 0) is 83.2 Å². The molecule has 14 heteroatoms. The summed E-state index contributed by atoms with van der Waals surface area (Å²) in [7, 11) is 0. The van der Waals surface area contributed by atoms with E-state index in [9.17, 15) is 19.2 Å². The molecular formula is C46H62N8O6. The number of fused-ring (bicyclic) bond motifs is 1. The average molecular weight is 823 g/mol. The summed E-state index contributed by atoms with van der Waals surface area (Å²) >= 11 is 0. The third-order valence-corrected chi connectivity index (χ3v) is 10.6. The Hall–Kier alpha value is -6.31. The second kappa shape index (κ2) is 19.6. The molecule has 5 aromatic rings. The summed E-state index contributed by atoms with van der Waals surface area (Å²) < 4.78 is 11.0. The SMILES string of the molecule is CC(C)(C)OC(=O)[C@@H](CCCCNC(=O)OCc1ccccc1)NC(=O)C(C)(C)c1cnc([C@@H](Cc2c[nH]c3ccccc23)NC(=O)N2CCN(c3ccccc3)CC2)[nH]1.[HH].[HH]. The lowest BCUT2D eigenvalue weighted by atomic mass is 9.88. The number of urea groups is 1. The van der Waals surface area contributed by atoms with Crippen molar-refractivity contribution in [2.75, 3.05) is 37.6 Å². The van der Waals surface area contributed by atoms with Crippen molar-refractivity contribution >= 4 is 40.6 Å². The van der Waals surface area contributed by atoms with Crippen molar-refractivity contribution in [3.8, 4) is 0 Å². The Morgan fingerprint density at radius 3 is 2.25 bits per heavy atom. The van der Waals surface area contributed by atoms with Gasteiger partial charge in [0.1, 0.15) is 24.1 Å². The van der Waals surface area contributed by atoms with E-state index in [-0.39, 0.29) is 15.5 Å². The second-order valence-electron chi connectivity index (χ2n) is 16.7. The highest BCUT2D eigenvalue weighted by atomic mass is 16.6. The van der Waals surface area contributed by atoms with Crippen LogP contribution in [-0.2, 0) is 37.5 Å². The number of alkyl carbamates (subject to hydrolysis) is 1. The normalized spacial score (nSPS) is 14.3. The number of imidazole rings is 1. The number of piperazine rings is 1. The van der Waals surface area contributed by atoms with E-state index in [4.69, 9.17) is 14.5 Å². The molecule has 2 aromatic heterocycles. The lowest BCUT2D eigenvalue weighted by Crippen LogP contribution is -2.52. The van der Waals surface area contributed by atoms with Crippen molar-refractivity contribution < 1.29 is 31.5 Å². The van der Waals surface area contributed by atoms with Crippen LogP contribution in [0.15, 0.2) is 97.3 Å². The number of H-pyrrole nitrogens is 2. The van der Waals surface area contributed by atoms with Gasteiger partial charge in [0.25, 0.3) is 0 Å². The van der Waals surface area contributed by atoms with Gasteiger partial charge in [0, 0.05) is 76.7 Å². The number of anilines is 1. The lowest BCUT2D eigenvalue weighted by Gasteiger charge is -2.36. The summed E-state index contributed by atoms with van der Waals surface area (Å²) in [6, 6.07) is 25.9. The number of aromatic nitrogens is 3. The quantitative estimate of drug-likeness (QED) is 0.0506. The Labute approximate surface area is 354 Å². The second-order valence-corrected chi connectivity index (χ2v) is 16.7. The number of para-hydroxylation sites is 2. The molecule has 3 heterocycles. The van der Waals surface area contributed by atoms with Gasteiger partial charge in [0.05, 0.1) is 11.5 Å². The molecular weight excluding hydrogens is 761 g/mol. The Kier molecular flexibility index (Phi) is 14.2. The van der Waals surface area contributed by atoms with Crippen LogP contribution in [0.2, 0.25) is 0 Å². The van der Waals surface area contributed by atoms with Crippen LogP contribution in [0.3, 0.4) is 0 Å². The number of rotatable bonds is 16. The molecule has 2 atom stereocenters. The number of nitrogens with zero attached hydrogens (tertiary/aromatic N) is 3. The highest BCUT2D eigenvalue weighted by Gasteiger charge is 2.37. The molecule has 3 aromatic carbocycles. The van der Waals surface area contributed by atoms with Crippen LogP contribution in [0.5, 0.6) is 0 Å². The summed E-state index contributed by atoms with van der Waals surface area (Å²) in [4.78, 5) is 69.1. The molecule has 0 radical (unpaired) electrons. The van der Waals surface area contributed by atoms with E-state index in [2.05, 4.69) is 43.0 Å². The Morgan fingerprint density at radius 1 is 0.850 bits per heavy atom.